The van der Waals surface area contributed by atoms with Crippen LogP contribution >= 0.6 is 53.5 Å². The first-order valence-electron chi connectivity index (χ1n) is 7.75. The van der Waals surface area contributed by atoms with Crippen molar-refractivity contribution >= 4 is 58.8 Å². The standard InChI is InChI=1S/C18H15Cl4O2P/c1-10-8-25(9-11(10)2,12-6-4-3-5-7-12)23-17-15(21)13(19)14(20)16(22)18(17)24-25/h3-7H,8-9H2,1-2H3. The van der Waals surface area contributed by atoms with E-state index in [9.17, 15) is 0 Å². The van der Waals surface area contributed by atoms with Crippen molar-refractivity contribution in [1.29, 1.82) is 0 Å². The number of fused-ring (bicyclic) bond motifs is 1. The summed E-state index contributed by atoms with van der Waals surface area (Å²) in [7, 11) is -3.29. The predicted molar refractivity (Wildman–Crippen MR) is 109 cm³/mol. The van der Waals surface area contributed by atoms with E-state index in [2.05, 4.69) is 13.8 Å². The molecule has 25 heavy (non-hydrogen) atoms. The van der Waals surface area contributed by atoms with Crippen molar-refractivity contribution in [3.8, 4) is 11.5 Å². The minimum atomic E-state index is -3.29. The summed E-state index contributed by atoms with van der Waals surface area (Å²) in [4.78, 5) is 0. The van der Waals surface area contributed by atoms with Crippen LogP contribution in [0.25, 0.3) is 0 Å². The topological polar surface area (TPSA) is 18.5 Å². The number of halogens is 4. The fraction of sp³-hybridized carbons (Fsp3) is 0.222. The molecule has 4 rings (SSSR count). The Morgan fingerprint density at radius 1 is 0.720 bits per heavy atom. The molecule has 2 aromatic carbocycles. The molecule has 0 fully saturated rings. The van der Waals surface area contributed by atoms with Gasteiger partial charge in [-0.15, -0.1) is 0 Å². The molecule has 0 N–H and O–H groups in total. The van der Waals surface area contributed by atoms with Gasteiger partial charge in [0, 0.05) is 0 Å². The third-order valence-corrected chi connectivity index (χ3v) is 11.6. The molecule has 0 bridgehead atoms. The molecule has 2 heterocycles. The van der Waals surface area contributed by atoms with Gasteiger partial charge in [-0.2, -0.15) is 0 Å². The summed E-state index contributed by atoms with van der Waals surface area (Å²) in [6, 6.07) is 10.0. The van der Waals surface area contributed by atoms with Crippen LogP contribution in [0.1, 0.15) is 13.8 Å². The summed E-state index contributed by atoms with van der Waals surface area (Å²) >= 11 is 25.3. The maximum absolute atomic E-state index is 6.62. The van der Waals surface area contributed by atoms with Gasteiger partial charge in [-0.3, -0.25) is 0 Å². The van der Waals surface area contributed by atoms with Crippen LogP contribution in [0.5, 0.6) is 11.5 Å². The predicted octanol–water partition coefficient (Wildman–Crippen LogP) is 7.13. The molecule has 0 aromatic heterocycles. The van der Waals surface area contributed by atoms with Gasteiger partial charge in [0.2, 0.25) is 0 Å². The molecule has 7 heteroatoms. The molecule has 0 aliphatic carbocycles. The van der Waals surface area contributed by atoms with E-state index in [0.29, 0.717) is 23.8 Å². The quantitative estimate of drug-likeness (QED) is 0.205. The first-order valence-corrected chi connectivity index (χ1v) is 11.7. The summed E-state index contributed by atoms with van der Waals surface area (Å²) in [5, 5.41) is 1.88. The van der Waals surface area contributed by atoms with Crippen molar-refractivity contribution in [1.82, 2.24) is 0 Å². The molecular weight excluding hydrogens is 421 g/mol. The summed E-state index contributed by atoms with van der Waals surface area (Å²) in [5.74, 6) is 0.787. The second-order valence-corrected chi connectivity index (χ2v) is 12.3. The van der Waals surface area contributed by atoms with E-state index in [1.54, 1.807) is 0 Å². The van der Waals surface area contributed by atoms with Gasteiger partial charge in [0.05, 0.1) is 0 Å². The number of rotatable bonds is 1. The van der Waals surface area contributed by atoms with Crippen LogP contribution in [0.4, 0.5) is 0 Å². The molecule has 0 saturated heterocycles. The number of allylic oxidation sites excluding steroid dienone is 2. The summed E-state index contributed by atoms with van der Waals surface area (Å²) in [5.41, 5.74) is 2.53. The Balaban J connectivity index is 1.99. The van der Waals surface area contributed by atoms with Gasteiger partial charge in [0.15, 0.2) is 0 Å². The Morgan fingerprint density at radius 3 is 1.60 bits per heavy atom. The molecule has 0 atom stereocenters. The number of benzene rings is 2. The maximum atomic E-state index is 6.62. The van der Waals surface area contributed by atoms with Gasteiger partial charge >= 0.3 is 167 Å². The molecule has 2 nitrogen and oxygen atoms in total. The fourth-order valence-electron chi connectivity index (χ4n) is 3.66. The van der Waals surface area contributed by atoms with E-state index in [4.69, 9.17) is 55.5 Å². The van der Waals surface area contributed by atoms with Gasteiger partial charge in [0.25, 0.3) is 0 Å². The molecule has 0 amide bonds. The summed E-state index contributed by atoms with van der Waals surface area (Å²) < 4.78 is 13.2. The average molecular weight is 436 g/mol. The first kappa shape index (κ1) is 17.8. The van der Waals surface area contributed by atoms with E-state index in [-0.39, 0.29) is 20.1 Å². The van der Waals surface area contributed by atoms with Crippen molar-refractivity contribution in [2.24, 2.45) is 0 Å². The number of hydrogen-bond acceptors (Lipinski definition) is 2. The zero-order valence-corrected chi connectivity index (χ0v) is 17.5. The van der Waals surface area contributed by atoms with E-state index < -0.39 is 7.06 Å². The monoisotopic (exact) mass is 434 g/mol. The zero-order valence-electron chi connectivity index (χ0n) is 13.6. The Morgan fingerprint density at radius 2 is 1.16 bits per heavy atom. The van der Waals surface area contributed by atoms with Crippen molar-refractivity contribution in [3.05, 3.63) is 61.6 Å². The van der Waals surface area contributed by atoms with Crippen LogP contribution < -0.4 is 14.4 Å². The summed E-state index contributed by atoms with van der Waals surface area (Å²) in [6.45, 7) is 4.22. The van der Waals surface area contributed by atoms with Crippen LogP contribution in [0.15, 0.2) is 41.5 Å². The molecule has 0 saturated carbocycles. The Kier molecular flexibility index (Phi) is 4.04. The Labute approximate surface area is 166 Å². The van der Waals surface area contributed by atoms with Gasteiger partial charge in [-0.25, -0.2) is 0 Å². The Bertz CT molecular complexity index is 885. The number of hydrogen-bond donors (Lipinski definition) is 0. The van der Waals surface area contributed by atoms with Gasteiger partial charge in [-0.05, 0) is 0 Å². The van der Waals surface area contributed by atoms with Gasteiger partial charge < -0.3 is 0 Å². The molecule has 0 radical (unpaired) electrons. The van der Waals surface area contributed by atoms with Crippen LogP contribution in [0.3, 0.4) is 0 Å². The second kappa shape index (κ2) is 5.68. The SMILES string of the molecule is CC1=C(C)CP2(c3ccccc3)(C1)Oc1c(Cl)c(Cl)c(Cl)c(Cl)c1O2. The zero-order chi connectivity index (χ0) is 18.0. The Hall–Kier alpha value is -0.630. The van der Waals surface area contributed by atoms with Crippen molar-refractivity contribution in [3.63, 3.8) is 0 Å². The molecule has 2 aliphatic heterocycles. The average Bonchev–Trinajstić information content (AvgIpc) is 3.08. The van der Waals surface area contributed by atoms with Crippen LogP contribution in [0.2, 0.25) is 20.1 Å². The van der Waals surface area contributed by atoms with Gasteiger partial charge in [-0.1, -0.05) is 0 Å². The van der Waals surface area contributed by atoms with Crippen molar-refractivity contribution in [2.75, 3.05) is 12.3 Å². The van der Waals surface area contributed by atoms with E-state index >= 15 is 0 Å². The van der Waals surface area contributed by atoms with Crippen LogP contribution in [-0.4, -0.2) is 12.3 Å². The van der Waals surface area contributed by atoms with Crippen molar-refractivity contribution in [2.45, 2.75) is 13.8 Å². The molecule has 2 aromatic rings. The van der Waals surface area contributed by atoms with Crippen LogP contribution in [0, 0.1) is 0 Å². The molecule has 132 valence electrons. The fourth-order valence-corrected chi connectivity index (χ4v) is 10.1. The summed E-state index contributed by atoms with van der Waals surface area (Å²) in [6.07, 6.45) is 1.38. The van der Waals surface area contributed by atoms with Crippen molar-refractivity contribution < 1.29 is 9.05 Å². The van der Waals surface area contributed by atoms with Gasteiger partial charge in [0.1, 0.15) is 0 Å². The molecule has 0 unspecified atom stereocenters. The normalized spacial score (nSPS) is 21.4. The molecule has 1 spiro atoms. The first-order chi connectivity index (χ1) is 11.8. The second-order valence-electron chi connectivity index (χ2n) is 6.62. The van der Waals surface area contributed by atoms with E-state index in [1.807, 2.05) is 30.3 Å². The minimum absolute atomic E-state index is 0.183. The third-order valence-electron chi connectivity index (χ3n) is 4.96. The van der Waals surface area contributed by atoms with E-state index in [0.717, 1.165) is 5.30 Å². The van der Waals surface area contributed by atoms with Crippen LogP contribution in [-0.2, 0) is 0 Å². The third kappa shape index (κ3) is 2.35. The van der Waals surface area contributed by atoms with E-state index in [1.165, 1.54) is 11.1 Å². The molecular formula is C18H15Cl4O2P. The molecule has 2 aliphatic rings.